The predicted octanol–water partition coefficient (Wildman–Crippen LogP) is 1.99. The van der Waals surface area contributed by atoms with E-state index in [0.29, 0.717) is 5.56 Å². The van der Waals surface area contributed by atoms with Gasteiger partial charge in [-0.3, -0.25) is 4.57 Å². The van der Waals surface area contributed by atoms with E-state index in [2.05, 4.69) is 0 Å². The lowest BCUT2D eigenvalue weighted by molar-refractivity contribution is 0.229. The maximum absolute atomic E-state index is 12.7. The van der Waals surface area contributed by atoms with Crippen LogP contribution < -0.4 is 0 Å². The molecule has 0 aliphatic carbocycles. The van der Waals surface area contributed by atoms with Gasteiger partial charge in [-0.25, -0.2) is 9.34 Å². The number of aliphatic hydroxyl groups is 1. The third-order valence-electron chi connectivity index (χ3n) is 2.56. The molecule has 0 spiro atoms. The van der Waals surface area contributed by atoms with Crippen molar-refractivity contribution in [2.45, 2.75) is 5.85 Å². The summed E-state index contributed by atoms with van der Waals surface area (Å²) in [6, 6.07) is 9.09. The van der Waals surface area contributed by atoms with Gasteiger partial charge in [0.1, 0.15) is 0 Å². The molecular weight excluding hydrogens is 223 g/mol. The molecule has 1 rings (SSSR count). The summed E-state index contributed by atoms with van der Waals surface area (Å²) < 4.78 is 15.9. The van der Waals surface area contributed by atoms with Crippen molar-refractivity contribution in [3.63, 3.8) is 0 Å². The van der Waals surface area contributed by atoms with Crippen LogP contribution >= 0.6 is 7.44 Å². The Morgan fingerprint density at radius 3 is 1.88 bits per heavy atom. The zero-order chi connectivity index (χ0) is 12.3. The van der Waals surface area contributed by atoms with E-state index in [4.69, 9.17) is 0 Å². The molecule has 0 aliphatic heterocycles. The fourth-order valence-corrected chi connectivity index (χ4v) is 3.77. The van der Waals surface area contributed by atoms with Gasteiger partial charge in [0, 0.05) is 0 Å². The van der Waals surface area contributed by atoms with Crippen LogP contribution in [-0.2, 0) is 4.57 Å². The van der Waals surface area contributed by atoms with Crippen LogP contribution in [0.3, 0.4) is 0 Å². The number of benzene rings is 1. The lowest BCUT2D eigenvalue weighted by Crippen LogP contribution is -2.25. The van der Waals surface area contributed by atoms with Gasteiger partial charge in [0.15, 0.2) is 5.85 Å². The van der Waals surface area contributed by atoms with Crippen molar-refractivity contribution in [2.75, 3.05) is 28.2 Å². The SMILES string of the molecule is CN(C)P(=O)(C(O)c1ccccc1)N(C)C. The molecule has 5 heteroatoms. The first-order valence-corrected chi connectivity index (χ1v) is 6.77. The Morgan fingerprint density at radius 2 is 1.50 bits per heavy atom. The van der Waals surface area contributed by atoms with Crippen molar-refractivity contribution in [3.8, 4) is 0 Å². The Morgan fingerprint density at radius 1 is 1.06 bits per heavy atom. The van der Waals surface area contributed by atoms with Crippen LogP contribution in [0, 0.1) is 0 Å². The lowest BCUT2D eigenvalue weighted by Gasteiger charge is -2.34. The molecule has 1 atom stereocenters. The summed E-state index contributed by atoms with van der Waals surface area (Å²) in [5.74, 6) is -0.987. The van der Waals surface area contributed by atoms with E-state index in [1.807, 2.05) is 18.2 Å². The van der Waals surface area contributed by atoms with E-state index >= 15 is 0 Å². The van der Waals surface area contributed by atoms with Gasteiger partial charge in [0.25, 0.3) is 0 Å². The van der Waals surface area contributed by atoms with E-state index in [1.54, 1.807) is 49.7 Å². The highest BCUT2D eigenvalue weighted by molar-refractivity contribution is 7.59. The first-order chi connectivity index (χ1) is 7.40. The zero-order valence-corrected chi connectivity index (χ0v) is 11.1. The van der Waals surface area contributed by atoms with Crippen molar-refractivity contribution in [2.24, 2.45) is 0 Å². The van der Waals surface area contributed by atoms with Crippen molar-refractivity contribution in [1.29, 1.82) is 0 Å². The van der Waals surface area contributed by atoms with Crippen LogP contribution in [0.4, 0.5) is 0 Å². The topological polar surface area (TPSA) is 43.8 Å². The standard InChI is InChI=1S/C11H19N2O2P/c1-12(2)16(15,13(3)4)11(14)10-8-6-5-7-9-10/h5-9,11,14H,1-4H3. The molecule has 0 aliphatic rings. The molecule has 0 saturated carbocycles. The van der Waals surface area contributed by atoms with Crippen molar-refractivity contribution < 1.29 is 9.67 Å². The highest BCUT2D eigenvalue weighted by Crippen LogP contribution is 2.60. The first-order valence-electron chi connectivity index (χ1n) is 5.09. The van der Waals surface area contributed by atoms with Crippen molar-refractivity contribution in [1.82, 2.24) is 9.34 Å². The Labute approximate surface area is 97.0 Å². The molecule has 1 aromatic rings. The molecule has 0 bridgehead atoms. The van der Waals surface area contributed by atoms with E-state index in [-0.39, 0.29) is 0 Å². The summed E-state index contributed by atoms with van der Waals surface area (Å²) in [6.07, 6.45) is 0. The average molecular weight is 242 g/mol. The molecular formula is C11H19N2O2P. The van der Waals surface area contributed by atoms with Crippen molar-refractivity contribution >= 4 is 7.44 Å². The molecule has 1 unspecified atom stereocenters. The molecule has 1 aromatic carbocycles. The molecule has 0 saturated heterocycles. The van der Waals surface area contributed by atoms with Gasteiger partial charge in [0.2, 0.25) is 7.44 Å². The minimum atomic E-state index is -2.95. The highest BCUT2D eigenvalue weighted by atomic mass is 31.2. The van der Waals surface area contributed by atoms with Crippen molar-refractivity contribution in [3.05, 3.63) is 35.9 Å². The number of nitrogens with zero attached hydrogens (tertiary/aromatic N) is 2. The second-order valence-electron chi connectivity index (χ2n) is 4.07. The van der Waals surface area contributed by atoms with Gasteiger partial charge in [-0.05, 0) is 33.8 Å². The first kappa shape index (κ1) is 13.4. The normalized spacial score (nSPS) is 14.4. The lowest BCUT2D eigenvalue weighted by atomic mass is 10.2. The van der Waals surface area contributed by atoms with Crippen LogP contribution in [-0.4, -0.2) is 42.6 Å². The monoisotopic (exact) mass is 242 g/mol. The summed E-state index contributed by atoms with van der Waals surface area (Å²) in [5, 5.41) is 10.2. The van der Waals surface area contributed by atoms with Gasteiger partial charge < -0.3 is 5.11 Å². The third kappa shape index (κ3) is 2.36. The van der Waals surface area contributed by atoms with Crippen LogP contribution in [0.5, 0.6) is 0 Å². The summed E-state index contributed by atoms with van der Waals surface area (Å²) in [7, 11) is 3.91. The van der Waals surface area contributed by atoms with Crippen LogP contribution in [0.2, 0.25) is 0 Å². The Hall–Kier alpha value is -0.670. The van der Waals surface area contributed by atoms with Gasteiger partial charge in [-0.2, -0.15) is 0 Å². The average Bonchev–Trinajstić information content (AvgIpc) is 2.27. The molecule has 0 fully saturated rings. The van der Waals surface area contributed by atoms with E-state index < -0.39 is 13.3 Å². The molecule has 0 heterocycles. The molecule has 0 amide bonds. The van der Waals surface area contributed by atoms with Crippen LogP contribution in [0.1, 0.15) is 11.4 Å². The minimum Gasteiger partial charge on any atom is -0.378 e. The molecule has 0 radical (unpaired) electrons. The molecule has 4 nitrogen and oxygen atoms in total. The minimum absolute atomic E-state index is 0.674. The number of hydrogen-bond donors (Lipinski definition) is 1. The maximum atomic E-state index is 12.7. The Balaban J connectivity index is 3.12. The fourth-order valence-electron chi connectivity index (χ4n) is 1.61. The second kappa shape index (κ2) is 5.11. The third-order valence-corrected chi connectivity index (χ3v) is 5.79. The fraction of sp³-hybridized carbons (Fsp3) is 0.455. The Kier molecular flexibility index (Phi) is 4.28. The number of hydrogen-bond acceptors (Lipinski definition) is 2. The largest absolute Gasteiger partial charge is 0.378 e. The smallest absolute Gasteiger partial charge is 0.247 e. The van der Waals surface area contributed by atoms with E-state index in [1.165, 1.54) is 0 Å². The van der Waals surface area contributed by atoms with E-state index in [9.17, 15) is 9.67 Å². The van der Waals surface area contributed by atoms with Gasteiger partial charge >= 0.3 is 0 Å². The van der Waals surface area contributed by atoms with Crippen LogP contribution in [0.25, 0.3) is 0 Å². The summed E-state index contributed by atoms with van der Waals surface area (Å²) in [5.41, 5.74) is 0.674. The van der Waals surface area contributed by atoms with E-state index in [0.717, 1.165) is 0 Å². The Bertz CT molecular complexity index is 367. The quantitative estimate of drug-likeness (QED) is 0.820. The van der Waals surface area contributed by atoms with Gasteiger partial charge in [0.05, 0.1) is 0 Å². The predicted molar refractivity (Wildman–Crippen MR) is 66.4 cm³/mol. The summed E-state index contributed by atoms with van der Waals surface area (Å²) in [6.45, 7) is 0. The second-order valence-corrected chi connectivity index (χ2v) is 7.34. The molecule has 1 N–H and O–H groups in total. The summed E-state index contributed by atoms with van der Waals surface area (Å²) in [4.78, 5) is 0. The zero-order valence-electron chi connectivity index (χ0n) is 10.2. The number of aliphatic hydroxyl groups excluding tert-OH is 1. The highest BCUT2D eigenvalue weighted by Gasteiger charge is 2.37. The molecule has 90 valence electrons. The van der Waals surface area contributed by atoms with Gasteiger partial charge in [-0.1, -0.05) is 30.3 Å². The summed E-state index contributed by atoms with van der Waals surface area (Å²) >= 11 is 0. The maximum Gasteiger partial charge on any atom is 0.247 e. The molecule has 16 heavy (non-hydrogen) atoms. The number of rotatable bonds is 4. The van der Waals surface area contributed by atoms with Gasteiger partial charge in [-0.15, -0.1) is 0 Å². The van der Waals surface area contributed by atoms with Crippen LogP contribution in [0.15, 0.2) is 30.3 Å². The molecule has 0 aromatic heterocycles.